The molecule has 4 heteroatoms. The average Bonchev–Trinajstić information content (AvgIpc) is 2.64. The Morgan fingerprint density at radius 1 is 1.44 bits per heavy atom. The lowest BCUT2D eigenvalue weighted by Gasteiger charge is -2.24. The van der Waals surface area contributed by atoms with Gasteiger partial charge >= 0.3 is 0 Å². The maximum absolute atomic E-state index is 9.45. The minimum Gasteiger partial charge on any atom is -0.392 e. The van der Waals surface area contributed by atoms with Gasteiger partial charge in [-0.05, 0) is 23.5 Å². The minimum atomic E-state index is 0.0268. The van der Waals surface area contributed by atoms with Crippen LogP contribution in [0.1, 0.15) is 50.2 Å². The van der Waals surface area contributed by atoms with E-state index in [0.717, 1.165) is 23.3 Å². The van der Waals surface area contributed by atoms with E-state index in [4.69, 9.17) is 5.26 Å². The molecule has 0 bridgehead atoms. The van der Waals surface area contributed by atoms with Crippen LogP contribution in [0.3, 0.4) is 0 Å². The summed E-state index contributed by atoms with van der Waals surface area (Å²) < 4.78 is 0. The van der Waals surface area contributed by atoms with Crippen LogP contribution in [0.25, 0.3) is 6.08 Å². The molecule has 1 aliphatic carbocycles. The Morgan fingerprint density at radius 2 is 2.17 bits per heavy atom. The van der Waals surface area contributed by atoms with Crippen LogP contribution in [-0.2, 0) is 0 Å². The highest BCUT2D eigenvalue weighted by molar-refractivity contribution is 5.64. The van der Waals surface area contributed by atoms with Gasteiger partial charge in [0.2, 0.25) is 5.82 Å². The van der Waals surface area contributed by atoms with Crippen LogP contribution in [0.5, 0.6) is 0 Å². The van der Waals surface area contributed by atoms with E-state index in [1.165, 1.54) is 0 Å². The van der Waals surface area contributed by atoms with E-state index < -0.39 is 0 Å². The number of nitrogens with zero attached hydrogens (tertiary/aromatic N) is 3. The first-order valence-corrected chi connectivity index (χ1v) is 6.03. The molecule has 1 atom stereocenters. The fourth-order valence-electron chi connectivity index (χ4n) is 2.32. The van der Waals surface area contributed by atoms with Gasteiger partial charge < -0.3 is 5.11 Å². The monoisotopic (exact) mass is 243 g/mol. The summed E-state index contributed by atoms with van der Waals surface area (Å²) in [7, 11) is 0. The zero-order chi connectivity index (χ0) is 13.3. The molecule has 0 amide bonds. The van der Waals surface area contributed by atoms with E-state index in [1.807, 2.05) is 12.1 Å². The Morgan fingerprint density at radius 3 is 2.72 bits per heavy atom. The second kappa shape index (κ2) is 4.51. The van der Waals surface area contributed by atoms with Gasteiger partial charge in [0.05, 0.1) is 12.3 Å². The molecule has 1 N–H and O–H groups in total. The third kappa shape index (κ3) is 2.41. The van der Waals surface area contributed by atoms with Crippen molar-refractivity contribution in [3.8, 4) is 6.07 Å². The Hall–Kier alpha value is -1.73. The van der Waals surface area contributed by atoms with Crippen molar-refractivity contribution in [1.82, 2.24) is 9.97 Å². The van der Waals surface area contributed by atoms with Crippen LogP contribution < -0.4 is 0 Å². The molecule has 18 heavy (non-hydrogen) atoms. The van der Waals surface area contributed by atoms with Gasteiger partial charge in [-0.2, -0.15) is 5.26 Å². The fraction of sp³-hybridized carbons (Fsp3) is 0.500. The van der Waals surface area contributed by atoms with E-state index in [0.29, 0.717) is 0 Å². The van der Waals surface area contributed by atoms with Crippen molar-refractivity contribution in [3.63, 3.8) is 0 Å². The molecule has 0 spiro atoms. The van der Waals surface area contributed by atoms with Crippen molar-refractivity contribution in [1.29, 1.82) is 5.26 Å². The number of nitriles is 1. The summed E-state index contributed by atoms with van der Waals surface area (Å²) in [5.41, 5.74) is 2.90. The van der Waals surface area contributed by atoms with Crippen LogP contribution in [-0.4, -0.2) is 21.7 Å². The van der Waals surface area contributed by atoms with Crippen molar-refractivity contribution < 1.29 is 5.11 Å². The van der Waals surface area contributed by atoms with Crippen molar-refractivity contribution in [2.75, 3.05) is 6.61 Å². The summed E-state index contributed by atoms with van der Waals surface area (Å²) >= 11 is 0. The Bertz CT molecular complexity index is 535. The number of hydrogen-bond acceptors (Lipinski definition) is 4. The Kier molecular flexibility index (Phi) is 3.18. The van der Waals surface area contributed by atoms with Gasteiger partial charge in [-0.25, -0.2) is 9.97 Å². The highest BCUT2D eigenvalue weighted by atomic mass is 16.3. The van der Waals surface area contributed by atoms with Crippen molar-refractivity contribution in [3.05, 3.63) is 28.9 Å². The number of rotatable bonds is 2. The third-order valence-electron chi connectivity index (χ3n) is 3.07. The number of aliphatic hydroxyl groups excluding tert-OH is 1. The molecule has 1 heterocycles. The molecule has 1 aromatic rings. The Labute approximate surface area is 107 Å². The molecule has 0 saturated carbocycles. The quantitative estimate of drug-likeness (QED) is 0.865. The van der Waals surface area contributed by atoms with Crippen molar-refractivity contribution in [2.45, 2.75) is 33.1 Å². The second-order valence-corrected chi connectivity index (χ2v) is 5.84. The van der Waals surface area contributed by atoms with E-state index >= 15 is 0 Å². The zero-order valence-electron chi connectivity index (χ0n) is 10.9. The summed E-state index contributed by atoms with van der Waals surface area (Å²) in [4.78, 5) is 8.27. The lowest BCUT2D eigenvalue weighted by molar-refractivity contribution is 0.302. The Balaban J connectivity index is 2.41. The number of aliphatic hydroxyl groups is 1. The standard InChI is InChI=1S/C14H17N3O/c1-14(2,3)5-11-10(8-18)4-9-7-16-12(6-15)17-13(9)11/h4,7,11,18H,5,8H2,1-3H3. The predicted molar refractivity (Wildman–Crippen MR) is 68.6 cm³/mol. The summed E-state index contributed by atoms with van der Waals surface area (Å²) in [5, 5.41) is 18.3. The van der Waals surface area contributed by atoms with E-state index in [1.54, 1.807) is 6.20 Å². The molecule has 0 fully saturated rings. The van der Waals surface area contributed by atoms with Crippen LogP contribution >= 0.6 is 0 Å². The molecule has 4 nitrogen and oxygen atoms in total. The van der Waals surface area contributed by atoms with Crippen LogP contribution in [0, 0.1) is 16.7 Å². The smallest absolute Gasteiger partial charge is 0.232 e. The summed E-state index contributed by atoms with van der Waals surface area (Å²) in [6, 6.07) is 1.97. The highest BCUT2D eigenvalue weighted by Crippen LogP contribution is 2.41. The molecule has 2 rings (SSSR count). The molecule has 0 aliphatic heterocycles. The largest absolute Gasteiger partial charge is 0.392 e. The number of hydrogen-bond donors (Lipinski definition) is 1. The molecule has 0 aromatic carbocycles. The van der Waals surface area contributed by atoms with Gasteiger partial charge in [0.25, 0.3) is 0 Å². The van der Waals surface area contributed by atoms with E-state index in [-0.39, 0.29) is 23.8 Å². The zero-order valence-corrected chi connectivity index (χ0v) is 10.9. The first-order chi connectivity index (χ1) is 8.44. The molecule has 1 aliphatic rings. The first kappa shape index (κ1) is 12.7. The number of fused-ring (bicyclic) bond motifs is 1. The topological polar surface area (TPSA) is 69.8 Å². The van der Waals surface area contributed by atoms with E-state index in [9.17, 15) is 5.11 Å². The molecule has 94 valence electrons. The molecular weight excluding hydrogens is 226 g/mol. The maximum Gasteiger partial charge on any atom is 0.232 e. The van der Waals surface area contributed by atoms with E-state index in [2.05, 4.69) is 30.7 Å². The third-order valence-corrected chi connectivity index (χ3v) is 3.07. The average molecular weight is 243 g/mol. The SMILES string of the molecule is CC(C)(C)CC1C(CO)=Cc2cnc(C#N)nc21. The van der Waals surface area contributed by atoms with Crippen molar-refractivity contribution in [2.24, 2.45) is 5.41 Å². The first-order valence-electron chi connectivity index (χ1n) is 6.03. The van der Waals surface area contributed by atoms with Crippen LogP contribution in [0.2, 0.25) is 0 Å². The molecule has 0 saturated heterocycles. The van der Waals surface area contributed by atoms with Gasteiger partial charge in [-0.15, -0.1) is 0 Å². The minimum absolute atomic E-state index is 0.0268. The molecule has 0 radical (unpaired) electrons. The summed E-state index contributed by atoms with van der Waals surface area (Å²) in [6.45, 7) is 6.50. The second-order valence-electron chi connectivity index (χ2n) is 5.84. The normalized spacial score (nSPS) is 18.2. The van der Waals surface area contributed by atoms with Crippen LogP contribution in [0.4, 0.5) is 0 Å². The molecular formula is C14H17N3O. The summed E-state index contributed by atoms with van der Waals surface area (Å²) in [6.07, 6.45) is 4.50. The predicted octanol–water partition coefficient (Wildman–Crippen LogP) is 2.26. The number of aromatic nitrogens is 2. The van der Waals surface area contributed by atoms with Gasteiger partial charge in [0, 0.05) is 17.7 Å². The molecule has 1 aromatic heterocycles. The summed E-state index contributed by atoms with van der Waals surface area (Å²) in [5.74, 6) is 0.292. The maximum atomic E-state index is 9.45. The lowest BCUT2D eigenvalue weighted by atomic mass is 9.81. The van der Waals surface area contributed by atoms with Crippen LogP contribution in [0.15, 0.2) is 11.8 Å². The highest BCUT2D eigenvalue weighted by Gasteiger charge is 2.30. The van der Waals surface area contributed by atoms with Crippen molar-refractivity contribution >= 4 is 6.08 Å². The van der Waals surface area contributed by atoms with Gasteiger partial charge in [0.15, 0.2) is 0 Å². The molecule has 1 unspecified atom stereocenters. The fourth-order valence-corrected chi connectivity index (χ4v) is 2.32. The van der Waals surface area contributed by atoms with Gasteiger partial charge in [-0.1, -0.05) is 20.8 Å². The van der Waals surface area contributed by atoms with Gasteiger partial charge in [-0.3, -0.25) is 0 Å². The van der Waals surface area contributed by atoms with Gasteiger partial charge in [0.1, 0.15) is 6.07 Å². The lowest BCUT2D eigenvalue weighted by Crippen LogP contribution is -2.15.